The molecule has 0 radical (unpaired) electrons. The van der Waals surface area contributed by atoms with Crippen LogP contribution in [-0.2, 0) is 19.1 Å². The summed E-state index contributed by atoms with van der Waals surface area (Å²) in [5, 5.41) is 9.54. The summed E-state index contributed by atoms with van der Waals surface area (Å²) in [5.41, 5.74) is 0. The normalized spacial score (nSPS) is 12.3. The largest absolute Gasteiger partial charge is 0.462 e. The topological polar surface area (TPSA) is 72.8 Å². The summed E-state index contributed by atoms with van der Waals surface area (Å²) < 4.78 is 10.6. The summed E-state index contributed by atoms with van der Waals surface area (Å²) in [6, 6.07) is 0. The Kier molecular flexibility index (Phi) is 35.5. The Morgan fingerprint density at radius 3 is 1.38 bits per heavy atom. The van der Waals surface area contributed by atoms with Crippen molar-refractivity contribution >= 4 is 11.9 Å². The van der Waals surface area contributed by atoms with Gasteiger partial charge in [-0.25, -0.2) is 0 Å². The summed E-state index contributed by atoms with van der Waals surface area (Å²) in [7, 11) is 0. The molecule has 0 unspecified atom stereocenters. The molecule has 0 bridgehead atoms. The maximum atomic E-state index is 12.2. The number of rotatable bonds is 35. The van der Waals surface area contributed by atoms with Gasteiger partial charge in [0.15, 0.2) is 6.10 Å². The molecular formula is C40H74O5. The first-order valence-corrected chi connectivity index (χ1v) is 19.4. The predicted octanol–water partition coefficient (Wildman–Crippen LogP) is 11.9. The van der Waals surface area contributed by atoms with Crippen LogP contribution in [0.1, 0.15) is 200 Å². The summed E-state index contributed by atoms with van der Waals surface area (Å²) in [5.74, 6) is -0.600. The fourth-order valence-electron chi connectivity index (χ4n) is 5.51. The van der Waals surface area contributed by atoms with Crippen LogP contribution in [-0.4, -0.2) is 36.4 Å². The van der Waals surface area contributed by atoms with Gasteiger partial charge in [0, 0.05) is 12.8 Å². The van der Waals surface area contributed by atoms with Crippen molar-refractivity contribution < 1.29 is 24.2 Å². The molecule has 0 aliphatic heterocycles. The van der Waals surface area contributed by atoms with Crippen molar-refractivity contribution in [2.75, 3.05) is 13.2 Å². The molecule has 0 amide bonds. The van der Waals surface area contributed by atoms with E-state index in [9.17, 15) is 14.7 Å². The van der Waals surface area contributed by atoms with E-state index >= 15 is 0 Å². The molecule has 0 aliphatic carbocycles. The van der Waals surface area contributed by atoms with Crippen LogP contribution >= 0.6 is 0 Å². The predicted molar refractivity (Wildman–Crippen MR) is 191 cm³/mol. The van der Waals surface area contributed by atoms with Gasteiger partial charge >= 0.3 is 11.9 Å². The Morgan fingerprint density at radius 1 is 0.511 bits per heavy atom. The van der Waals surface area contributed by atoms with Crippen LogP contribution in [0.5, 0.6) is 0 Å². The number of allylic oxidation sites excluding steroid dienone is 4. The van der Waals surface area contributed by atoms with Crippen LogP contribution in [0.3, 0.4) is 0 Å². The second-order valence-corrected chi connectivity index (χ2v) is 13.0. The van der Waals surface area contributed by atoms with E-state index in [1.807, 2.05) is 0 Å². The summed E-state index contributed by atoms with van der Waals surface area (Å²) >= 11 is 0. The molecule has 0 rings (SSSR count). The van der Waals surface area contributed by atoms with Crippen LogP contribution in [0.15, 0.2) is 24.3 Å². The van der Waals surface area contributed by atoms with E-state index < -0.39 is 6.10 Å². The number of aliphatic hydroxyl groups excluding tert-OH is 1. The molecule has 0 spiro atoms. The average Bonchev–Trinajstić information content (AvgIpc) is 3.04. The van der Waals surface area contributed by atoms with E-state index in [0.717, 1.165) is 51.4 Å². The first-order valence-electron chi connectivity index (χ1n) is 19.4. The van der Waals surface area contributed by atoms with Gasteiger partial charge < -0.3 is 14.6 Å². The third-order valence-corrected chi connectivity index (χ3v) is 8.50. The van der Waals surface area contributed by atoms with E-state index in [1.54, 1.807) is 0 Å². The van der Waals surface area contributed by atoms with E-state index in [2.05, 4.69) is 38.2 Å². The van der Waals surface area contributed by atoms with E-state index in [1.165, 1.54) is 122 Å². The van der Waals surface area contributed by atoms with Crippen molar-refractivity contribution in [2.24, 2.45) is 0 Å². The summed E-state index contributed by atoms with van der Waals surface area (Å²) in [4.78, 5) is 24.2. The number of hydrogen-bond acceptors (Lipinski definition) is 5. The van der Waals surface area contributed by atoms with Crippen molar-refractivity contribution in [1.29, 1.82) is 0 Å². The molecule has 5 nitrogen and oxygen atoms in total. The molecule has 1 atom stereocenters. The minimum Gasteiger partial charge on any atom is -0.462 e. The van der Waals surface area contributed by atoms with Crippen molar-refractivity contribution in [1.82, 2.24) is 0 Å². The van der Waals surface area contributed by atoms with Crippen LogP contribution in [0, 0.1) is 0 Å². The Bertz CT molecular complexity index is 686. The van der Waals surface area contributed by atoms with E-state index in [4.69, 9.17) is 9.47 Å². The van der Waals surface area contributed by atoms with Gasteiger partial charge in [-0.15, -0.1) is 0 Å². The molecular weight excluding hydrogens is 560 g/mol. The molecule has 1 N–H and O–H groups in total. The summed E-state index contributed by atoms with van der Waals surface area (Å²) in [6.07, 6.45) is 42.3. The highest BCUT2D eigenvalue weighted by Crippen LogP contribution is 2.15. The van der Waals surface area contributed by atoms with Gasteiger partial charge in [0.25, 0.3) is 0 Å². The number of ether oxygens (including phenoxy) is 2. The van der Waals surface area contributed by atoms with Crippen molar-refractivity contribution in [3.8, 4) is 0 Å². The van der Waals surface area contributed by atoms with E-state index in [0.29, 0.717) is 12.8 Å². The molecule has 5 heteroatoms. The lowest BCUT2D eigenvalue weighted by molar-refractivity contribution is -0.161. The number of esters is 2. The van der Waals surface area contributed by atoms with Gasteiger partial charge in [-0.2, -0.15) is 0 Å². The van der Waals surface area contributed by atoms with Gasteiger partial charge in [-0.1, -0.05) is 173 Å². The van der Waals surface area contributed by atoms with Crippen LogP contribution in [0.2, 0.25) is 0 Å². The number of hydrogen-bond donors (Lipinski definition) is 1. The lowest BCUT2D eigenvalue weighted by Gasteiger charge is -2.15. The molecule has 0 saturated heterocycles. The zero-order valence-corrected chi connectivity index (χ0v) is 29.9. The Labute approximate surface area is 279 Å². The van der Waals surface area contributed by atoms with Gasteiger partial charge in [-0.3, -0.25) is 9.59 Å². The molecule has 45 heavy (non-hydrogen) atoms. The highest BCUT2D eigenvalue weighted by atomic mass is 16.6. The smallest absolute Gasteiger partial charge is 0.306 e. The lowest BCUT2D eigenvalue weighted by Crippen LogP contribution is -2.28. The first kappa shape index (κ1) is 43.4. The average molecular weight is 635 g/mol. The van der Waals surface area contributed by atoms with Crippen molar-refractivity contribution in [2.45, 2.75) is 206 Å². The highest BCUT2D eigenvalue weighted by Gasteiger charge is 2.16. The Balaban J connectivity index is 3.54. The van der Waals surface area contributed by atoms with Gasteiger partial charge in [-0.05, 0) is 38.5 Å². The maximum Gasteiger partial charge on any atom is 0.306 e. The number of carbonyl (C=O) groups is 2. The molecule has 0 heterocycles. The van der Waals surface area contributed by atoms with Crippen molar-refractivity contribution in [3.05, 3.63) is 24.3 Å². The van der Waals surface area contributed by atoms with Gasteiger partial charge in [0.05, 0.1) is 6.61 Å². The third-order valence-electron chi connectivity index (χ3n) is 8.50. The Morgan fingerprint density at radius 2 is 0.911 bits per heavy atom. The number of aliphatic hydroxyl groups is 1. The second kappa shape index (κ2) is 36.8. The van der Waals surface area contributed by atoms with Crippen LogP contribution in [0.4, 0.5) is 0 Å². The van der Waals surface area contributed by atoms with E-state index in [-0.39, 0.29) is 25.2 Å². The molecule has 0 saturated carbocycles. The second-order valence-electron chi connectivity index (χ2n) is 13.0. The van der Waals surface area contributed by atoms with Crippen LogP contribution in [0.25, 0.3) is 0 Å². The SMILES string of the molecule is CCCC/C=C\C/C=C\CCCCCCCC(=O)OC[C@H](CO)OC(=O)CCCCCCCCCCCCCCCCCCC. The number of unbranched alkanes of at least 4 members (excludes halogenated alkanes) is 23. The zero-order valence-electron chi connectivity index (χ0n) is 29.9. The molecule has 264 valence electrons. The lowest BCUT2D eigenvalue weighted by atomic mass is 10.0. The minimum atomic E-state index is -0.771. The monoisotopic (exact) mass is 635 g/mol. The quantitative estimate of drug-likeness (QED) is 0.0426. The highest BCUT2D eigenvalue weighted by molar-refractivity contribution is 5.70. The number of carbonyl (C=O) groups excluding carboxylic acids is 2. The molecule has 0 aliphatic rings. The van der Waals surface area contributed by atoms with Gasteiger partial charge in [0.1, 0.15) is 6.61 Å². The van der Waals surface area contributed by atoms with Crippen LogP contribution < -0.4 is 0 Å². The minimum absolute atomic E-state index is 0.0692. The molecule has 0 aromatic heterocycles. The standard InChI is InChI=1S/C40H74O5/c1-3-5-7-9-11-13-15-17-19-20-21-23-25-27-29-31-33-35-40(43)45-38(36-41)37-44-39(42)34-32-30-28-26-24-22-18-16-14-12-10-8-6-4-2/h10,12,16,18,38,41H,3-9,11,13-15,17,19-37H2,1-2H3/b12-10-,18-16-/t38-/m0/s1. The molecule has 0 fully saturated rings. The third kappa shape index (κ3) is 35.1. The van der Waals surface area contributed by atoms with Crippen molar-refractivity contribution in [3.63, 3.8) is 0 Å². The zero-order chi connectivity index (χ0) is 32.9. The first-order chi connectivity index (χ1) is 22.1. The molecule has 0 aromatic carbocycles. The summed E-state index contributed by atoms with van der Waals surface area (Å²) in [6.45, 7) is 4.09. The Hall–Kier alpha value is -1.62. The fourth-order valence-corrected chi connectivity index (χ4v) is 5.51. The maximum absolute atomic E-state index is 12.2. The molecule has 0 aromatic rings. The van der Waals surface area contributed by atoms with Gasteiger partial charge in [0.2, 0.25) is 0 Å². The fraction of sp³-hybridized carbons (Fsp3) is 0.850.